The van der Waals surface area contributed by atoms with E-state index in [0.29, 0.717) is 18.0 Å². The fraction of sp³-hybridized carbons (Fsp3) is 0.214. The number of nitrogens with zero attached hydrogens (tertiary/aromatic N) is 1. The van der Waals surface area contributed by atoms with E-state index in [4.69, 9.17) is 20.8 Å². The van der Waals surface area contributed by atoms with Crippen LogP contribution in [0.15, 0.2) is 59.4 Å². The van der Waals surface area contributed by atoms with Gasteiger partial charge in [-0.3, -0.25) is 4.79 Å². The topological polar surface area (TPSA) is 64.4 Å². The number of carbonyl (C=O) groups excluding carboxylic acids is 1. The number of aryl methyl sites for hydroxylation is 3. The predicted octanol–water partition coefficient (Wildman–Crippen LogP) is 7.51. The zero-order chi connectivity index (χ0) is 24.4. The lowest BCUT2D eigenvalue weighted by Gasteiger charge is -2.15. The van der Waals surface area contributed by atoms with Crippen LogP contribution in [-0.4, -0.2) is 17.5 Å². The summed E-state index contributed by atoms with van der Waals surface area (Å²) in [4.78, 5) is 16.7. The van der Waals surface area contributed by atoms with E-state index in [1.807, 2.05) is 26.8 Å². The molecule has 174 valence electrons. The van der Waals surface area contributed by atoms with Crippen molar-refractivity contribution in [3.8, 4) is 16.9 Å². The molecule has 0 aliphatic carbocycles. The van der Waals surface area contributed by atoms with E-state index in [2.05, 4.69) is 42.3 Å². The number of hydrogen-bond donors (Lipinski definition) is 1. The molecule has 0 aliphatic rings. The quantitative estimate of drug-likeness (QED) is 0.232. The molecule has 4 rings (SSSR count). The van der Waals surface area contributed by atoms with Crippen molar-refractivity contribution in [2.24, 2.45) is 0 Å². The number of nitrogens with one attached hydrogen (secondary N) is 1. The van der Waals surface area contributed by atoms with Gasteiger partial charge in [-0.05, 0) is 69.5 Å². The van der Waals surface area contributed by atoms with Gasteiger partial charge in [0.05, 0.1) is 18.6 Å². The largest absolute Gasteiger partial charge is 0.493 e. The summed E-state index contributed by atoms with van der Waals surface area (Å²) < 4.78 is 12.0. The second-order valence-corrected chi connectivity index (χ2v) is 8.67. The molecule has 5 nitrogen and oxygen atoms in total. The summed E-state index contributed by atoms with van der Waals surface area (Å²) in [7, 11) is 0. The zero-order valence-electron chi connectivity index (χ0n) is 20.0. The lowest BCUT2D eigenvalue weighted by atomic mass is 9.94. The molecule has 2 heterocycles. The molecule has 2 aromatic carbocycles. The molecule has 0 unspecified atom stereocenters. The Labute approximate surface area is 204 Å². The van der Waals surface area contributed by atoms with Gasteiger partial charge in [0, 0.05) is 34.3 Å². The number of fused-ring (bicyclic) bond motifs is 1. The number of carbonyl (C=O) groups is 1. The Bertz CT molecular complexity index is 1420. The third kappa shape index (κ3) is 4.57. The standard InChI is InChI=1S/C28H27ClN2O3/c1-6-33-26-19(5)27-22(23(15-34-27)20-10-9-16(2)12-17(20)3)14-21(26)18(4)13-25(32)31-24-8-7-11-30-28(24)29/h7-15H,6H2,1-5H3,(H,31,32)/b18-13+. The van der Waals surface area contributed by atoms with Crippen LogP contribution < -0.4 is 10.1 Å². The minimum atomic E-state index is -0.297. The first-order valence-electron chi connectivity index (χ1n) is 11.2. The summed E-state index contributed by atoms with van der Waals surface area (Å²) in [5.74, 6) is 0.409. The van der Waals surface area contributed by atoms with Gasteiger partial charge >= 0.3 is 0 Å². The van der Waals surface area contributed by atoms with Crippen LogP contribution in [0.1, 0.15) is 36.1 Å². The molecule has 34 heavy (non-hydrogen) atoms. The van der Waals surface area contributed by atoms with Gasteiger partial charge in [-0.25, -0.2) is 4.98 Å². The average Bonchev–Trinajstić information content (AvgIpc) is 3.21. The van der Waals surface area contributed by atoms with Gasteiger partial charge < -0.3 is 14.5 Å². The molecule has 0 saturated heterocycles. The molecule has 0 fully saturated rings. The van der Waals surface area contributed by atoms with Gasteiger partial charge in [-0.15, -0.1) is 0 Å². The molecular formula is C28H27ClN2O3. The van der Waals surface area contributed by atoms with Crippen LogP contribution in [0.4, 0.5) is 5.69 Å². The van der Waals surface area contributed by atoms with Crippen molar-refractivity contribution in [2.45, 2.75) is 34.6 Å². The smallest absolute Gasteiger partial charge is 0.248 e. The van der Waals surface area contributed by atoms with E-state index in [1.54, 1.807) is 30.7 Å². The molecule has 4 aromatic rings. The number of hydrogen-bond acceptors (Lipinski definition) is 4. The molecule has 1 N–H and O–H groups in total. The number of benzene rings is 2. The van der Waals surface area contributed by atoms with E-state index >= 15 is 0 Å². The molecule has 0 bridgehead atoms. The SMILES string of the molecule is CCOc1c(/C(C)=C/C(=O)Nc2cccnc2Cl)cc2c(-c3ccc(C)cc3C)coc2c1C. The molecular weight excluding hydrogens is 448 g/mol. The van der Waals surface area contributed by atoms with E-state index in [1.165, 1.54) is 11.1 Å². The minimum Gasteiger partial charge on any atom is -0.493 e. The number of aromatic nitrogens is 1. The highest BCUT2D eigenvalue weighted by Gasteiger charge is 2.20. The number of ether oxygens (including phenoxy) is 1. The Morgan fingerprint density at radius 1 is 1.18 bits per heavy atom. The Morgan fingerprint density at radius 2 is 1.97 bits per heavy atom. The normalized spacial score (nSPS) is 11.6. The molecule has 6 heteroatoms. The summed E-state index contributed by atoms with van der Waals surface area (Å²) in [6.45, 7) is 10.5. The lowest BCUT2D eigenvalue weighted by molar-refractivity contribution is -0.111. The van der Waals surface area contributed by atoms with Gasteiger partial charge in [0.2, 0.25) is 5.91 Å². The monoisotopic (exact) mass is 474 g/mol. The fourth-order valence-electron chi connectivity index (χ4n) is 4.19. The van der Waals surface area contributed by atoms with Crippen LogP contribution in [0.25, 0.3) is 27.7 Å². The number of amides is 1. The summed E-state index contributed by atoms with van der Waals surface area (Å²) in [6, 6.07) is 11.9. The third-order valence-corrected chi connectivity index (χ3v) is 6.10. The second-order valence-electron chi connectivity index (χ2n) is 8.31. The van der Waals surface area contributed by atoms with Crippen molar-refractivity contribution in [1.82, 2.24) is 4.98 Å². The number of rotatable bonds is 6. The number of halogens is 1. The van der Waals surface area contributed by atoms with E-state index in [0.717, 1.165) is 38.8 Å². The van der Waals surface area contributed by atoms with Crippen molar-refractivity contribution < 1.29 is 13.9 Å². The maximum atomic E-state index is 12.7. The van der Waals surface area contributed by atoms with E-state index < -0.39 is 0 Å². The Hall–Kier alpha value is -3.57. The average molecular weight is 475 g/mol. The highest BCUT2D eigenvalue weighted by atomic mass is 35.5. The second kappa shape index (κ2) is 9.74. The van der Waals surface area contributed by atoms with Gasteiger partial charge in [-0.1, -0.05) is 35.4 Å². The molecule has 1 amide bonds. The Kier molecular flexibility index (Phi) is 6.75. The van der Waals surface area contributed by atoms with Crippen molar-refractivity contribution in [1.29, 1.82) is 0 Å². The first-order valence-corrected chi connectivity index (χ1v) is 11.5. The van der Waals surface area contributed by atoms with Crippen molar-refractivity contribution in [2.75, 3.05) is 11.9 Å². The highest BCUT2D eigenvalue weighted by Crippen LogP contribution is 2.41. The van der Waals surface area contributed by atoms with Crippen LogP contribution in [-0.2, 0) is 4.79 Å². The molecule has 0 saturated carbocycles. The van der Waals surface area contributed by atoms with Crippen molar-refractivity contribution in [3.05, 3.63) is 82.3 Å². The lowest BCUT2D eigenvalue weighted by Crippen LogP contribution is -2.09. The van der Waals surface area contributed by atoms with E-state index in [9.17, 15) is 4.79 Å². The van der Waals surface area contributed by atoms with Crippen LogP contribution >= 0.6 is 11.6 Å². The van der Waals surface area contributed by atoms with Crippen LogP contribution in [0, 0.1) is 20.8 Å². The predicted molar refractivity (Wildman–Crippen MR) is 139 cm³/mol. The van der Waals surface area contributed by atoms with Gasteiger partial charge in [-0.2, -0.15) is 0 Å². The van der Waals surface area contributed by atoms with Crippen LogP contribution in [0.2, 0.25) is 5.15 Å². The minimum absolute atomic E-state index is 0.241. The number of pyridine rings is 1. The fourth-order valence-corrected chi connectivity index (χ4v) is 4.35. The van der Waals surface area contributed by atoms with Crippen LogP contribution in [0.3, 0.4) is 0 Å². The van der Waals surface area contributed by atoms with Crippen LogP contribution in [0.5, 0.6) is 5.75 Å². The third-order valence-electron chi connectivity index (χ3n) is 5.79. The van der Waals surface area contributed by atoms with Gasteiger partial charge in [0.1, 0.15) is 11.3 Å². The Morgan fingerprint density at radius 3 is 2.68 bits per heavy atom. The zero-order valence-corrected chi connectivity index (χ0v) is 20.7. The molecule has 0 atom stereocenters. The first-order chi connectivity index (χ1) is 16.3. The molecule has 0 spiro atoms. The molecule has 2 aromatic heterocycles. The van der Waals surface area contributed by atoms with Crippen molar-refractivity contribution >= 4 is 39.7 Å². The van der Waals surface area contributed by atoms with Crippen molar-refractivity contribution in [3.63, 3.8) is 0 Å². The Balaban J connectivity index is 1.81. The number of allylic oxidation sites excluding steroid dienone is 1. The number of anilines is 1. The van der Waals surface area contributed by atoms with E-state index in [-0.39, 0.29) is 11.1 Å². The summed E-state index contributed by atoms with van der Waals surface area (Å²) in [6.07, 6.45) is 4.91. The number of furan rings is 1. The maximum absolute atomic E-state index is 12.7. The maximum Gasteiger partial charge on any atom is 0.248 e. The molecule has 0 aliphatic heterocycles. The highest BCUT2D eigenvalue weighted by molar-refractivity contribution is 6.32. The van der Waals surface area contributed by atoms with Gasteiger partial charge in [0.15, 0.2) is 5.15 Å². The summed E-state index contributed by atoms with van der Waals surface area (Å²) in [5.41, 5.74) is 8.25. The summed E-state index contributed by atoms with van der Waals surface area (Å²) >= 11 is 6.08. The molecule has 0 radical (unpaired) electrons. The summed E-state index contributed by atoms with van der Waals surface area (Å²) in [5, 5.41) is 4.01. The van der Waals surface area contributed by atoms with Gasteiger partial charge in [0.25, 0.3) is 0 Å². The first kappa shape index (κ1) is 23.6.